The second-order valence-corrected chi connectivity index (χ2v) is 7.76. The van der Waals surface area contributed by atoms with Crippen molar-refractivity contribution >= 4 is 17.5 Å². The van der Waals surface area contributed by atoms with E-state index in [4.69, 9.17) is 4.74 Å². The van der Waals surface area contributed by atoms with Crippen LogP contribution in [0.15, 0.2) is 36.4 Å². The van der Waals surface area contributed by atoms with Crippen molar-refractivity contribution in [3.63, 3.8) is 0 Å². The maximum absolute atomic E-state index is 14.3. The highest BCUT2D eigenvalue weighted by atomic mass is 19.1. The predicted molar refractivity (Wildman–Crippen MR) is 109 cm³/mol. The Morgan fingerprint density at radius 2 is 2.00 bits per heavy atom. The molecule has 2 aliphatic heterocycles. The highest BCUT2D eigenvalue weighted by molar-refractivity contribution is 6.00. The van der Waals surface area contributed by atoms with Gasteiger partial charge in [0.25, 0.3) is 5.91 Å². The number of ether oxygens (including phenoxy) is 1. The Balaban J connectivity index is 1.36. The summed E-state index contributed by atoms with van der Waals surface area (Å²) in [6.07, 6.45) is -0.533. The average Bonchev–Trinajstić information content (AvgIpc) is 3.17. The van der Waals surface area contributed by atoms with Crippen LogP contribution in [-0.2, 0) is 22.5 Å². The molecular weight excluding hydrogens is 439 g/mol. The van der Waals surface area contributed by atoms with Crippen LogP contribution in [0.4, 0.5) is 18.9 Å². The lowest BCUT2D eigenvalue weighted by Crippen LogP contribution is -2.43. The van der Waals surface area contributed by atoms with Gasteiger partial charge < -0.3 is 15.4 Å². The van der Waals surface area contributed by atoms with Crippen molar-refractivity contribution in [1.82, 2.24) is 20.1 Å². The SMILES string of the molecule is O=C(N[C@H]1CCc2cc(F)cc(F)c2NC1=O)c1nc2n(n1)CCO[C@H]2c1ccccc1F. The number of amides is 2. The smallest absolute Gasteiger partial charge is 0.291 e. The first kappa shape index (κ1) is 21.1. The van der Waals surface area contributed by atoms with Gasteiger partial charge in [0, 0.05) is 11.6 Å². The Bertz CT molecular complexity index is 1260. The van der Waals surface area contributed by atoms with E-state index in [2.05, 4.69) is 20.7 Å². The van der Waals surface area contributed by atoms with Gasteiger partial charge in [-0.15, -0.1) is 5.10 Å². The van der Waals surface area contributed by atoms with Gasteiger partial charge in [0.15, 0.2) is 5.82 Å². The molecular formula is C22H18F3N5O3. The molecule has 2 aliphatic rings. The van der Waals surface area contributed by atoms with Crippen molar-refractivity contribution in [3.8, 4) is 0 Å². The van der Waals surface area contributed by atoms with E-state index >= 15 is 0 Å². The molecule has 0 unspecified atom stereocenters. The van der Waals surface area contributed by atoms with Gasteiger partial charge in [-0.2, -0.15) is 0 Å². The lowest BCUT2D eigenvalue weighted by molar-refractivity contribution is -0.118. The van der Waals surface area contributed by atoms with Crippen molar-refractivity contribution in [2.24, 2.45) is 0 Å². The first-order valence-corrected chi connectivity index (χ1v) is 10.3. The van der Waals surface area contributed by atoms with E-state index in [1.54, 1.807) is 18.2 Å². The molecule has 2 N–H and O–H groups in total. The number of hydrogen-bond acceptors (Lipinski definition) is 5. The molecule has 170 valence electrons. The maximum Gasteiger partial charge on any atom is 0.291 e. The average molecular weight is 457 g/mol. The first-order valence-electron chi connectivity index (χ1n) is 10.3. The summed E-state index contributed by atoms with van der Waals surface area (Å²) in [7, 11) is 0. The van der Waals surface area contributed by atoms with Crippen LogP contribution >= 0.6 is 0 Å². The lowest BCUT2D eigenvalue weighted by Gasteiger charge is -2.23. The molecule has 0 saturated carbocycles. The van der Waals surface area contributed by atoms with Crippen LogP contribution < -0.4 is 10.6 Å². The second kappa shape index (κ2) is 8.32. The minimum Gasteiger partial charge on any atom is -0.363 e. The summed E-state index contributed by atoms with van der Waals surface area (Å²) in [5.74, 6) is -3.39. The standard InChI is InChI=1S/C22H18F3N5O3/c23-12-9-11-5-6-16(21(31)27-17(11)15(25)10-12)26-22(32)19-28-20-18(33-8-7-30(20)29-19)13-3-1-2-4-14(13)24/h1-4,9-10,16,18H,5-8H2,(H,26,32)(H,27,31)/t16-,18-/m0/s1. The molecule has 1 aromatic heterocycles. The third-order valence-electron chi connectivity index (χ3n) is 5.62. The van der Waals surface area contributed by atoms with E-state index < -0.39 is 41.4 Å². The molecule has 33 heavy (non-hydrogen) atoms. The first-order chi connectivity index (χ1) is 15.9. The molecule has 0 saturated heterocycles. The Morgan fingerprint density at radius 3 is 2.82 bits per heavy atom. The highest BCUT2D eigenvalue weighted by Gasteiger charge is 2.32. The van der Waals surface area contributed by atoms with Crippen molar-refractivity contribution in [3.05, 3.63) is 76.6 Å². The van der Waals surface area contributed by atoms with Gasteiger partial charge in [-0.1, -0.05) is 18.2 Å². The summed E-state index contributed by atoms with van der Waals surface area (Å²) in [4.78, 5) is 29.6. The number of halogens is 3. The number of carbonyl (C=O) groups is 2. The number of anilines is 1. The summed E-state index contributed by atoms with van der Waals surface area (Å²) in [5.41, 5.74) is 0.477. The zero-order chi connectivity index (χ0) is 23.1. The Hall–Kier alpha value is -3.73. The molecule has 3 aromatic rings. The number of rotatable bonds is 3. The quantitative estimate of drug-likeness (QED) is 0.630. The molecule has 2 atom stereocenters. The summed E-state index contributed by atoms with van der Waals surface area (Å²) in [5, 5.41) is 9.14. The largest absolute Gasteiger partial charge is 0.363 e. The van der Waals surface area contributed by atoms with E-state index in [1.807, 2.05) is 0 Å². The predicted octanol–water partition coefficient (Wildman–Crippen LogP) is 2.50. The fraction of sp³-hybridized carbons (Fsp3) is 0.273. The highest BCUT2D eigenvalue weighted by Crippen LogP contribution is 2.30. The number of aryl methyl sites for hydroxylation is 1. The molecule has 5 rings (SSSR count). The number of carbonyl (C=O) groups excluding carboxylic acids is 2. The Labute approximate surface area is 185 Å². The summed E-state index contributed by atoms with van der Waals surface area (Å²) in [6, 6.07) is 6.93. The van der Waals surface area contributed by atoms with Gasteiger partial charge in [0.05, 0.1) is 18.8 Å². The van der Waals surface area contributed by atoms with Crippen molar-refractivity contribution in [1.29, 1.82) is 0 Å². The molecule has 2 amide bonds. The molecule has 3 heterocycles. The molecule has 0 fully saturated rings. The fourth-order valence-electron chi connectivity index (χ4n) is 4.02. The van der Waals surface area contributed by atoms with E-state index in [0.29, 0.717) is 18.2 Å². The van der Waals surface area contributed by atoms with Crippen molar-refractivity contribution in [2.75, 3.05) is 11.9 Å². The van der Waals surface area contributed by atoms with E-state index in [1.165, 1.54) is 10.7 Å². The number of hydrogen-bond donors (Lipinski definition) is 2. The van der Waals surface area contributed by atoms with Gasteiger partial charge in [0.2, 0.25) is 11.7 Å². The van der Waals surface area contributed by atoms with Crippen LogP contribution in [0.25, 0.3) is 0 Å². The third kappa shape index (κ3) is 3.95. The monoisotopic (exact) mass is 457 g/mol. The minimum absolute atomic E-state index is 0.0985. The van der Waals surface area contributed by atoms with E-state index in [9.17, 15) is 22.8 Å². The lowest BCUT2D eigenvalue weighted by atomic mass is 10.1. The third-order valence-corrected chi connectivity index (χ3v) is 5.62. The minimum atomic E-state index is -1.01. The van der Waals surface area contributed by atoms with Crippen LogP contribution in [0.5, 0.6) is 0 Å². The summed E-state index contributed by atoms with van der Waals surface area (Å²) in [6.45, 7) is 0.576. The van der Waals surface area contributed by atoms with Gasteiger partial charge in [-0.3, -0.25) is 9.59 Å². The van der Waals surface area contributed by atoms with Gasteiger partial charge >= 0.3 is 0 Å². The molecule has 0 spiro atoms. The van der Waals surface area contributed by atoms with Crippen molar-refractivity contribution in [2.45, 2.75) is 31.5 Å². The number of nitrogens with zero attached hydrogens (tertiary/aromatic N) is 3. The van der Waals surface area contributed by atoms with Crippen molar-refractivity contribution < 1.29 is 27.5 Å². The number of benzene rings is 2. The van der Waals surface area contributed by atoms with Crippen LogP contribution in [0, 0.1) is 17.5 Å². The number of fused-ring (bicyclic) bond motifs is 2. The summed E-state index contributed by atoms with van der Waals surface area (Å²) >= 11 is 0. The molecule has 11 heteroatoms. The zero-order valence-electron chi connectivity index (χ0n) is 17.1. The molecule has 0 radical (unpaired) electrons. The Morgan fingerprint density at radius 1 is 1.18 bits per heavy atom. The van der Waals surface area contributed by atoms with Gasteiger partial charge in [-0.25, -0.2) is 22.8 Å². The Kier molecular flexibility index (Phi) is 5.33. The maximum atomic E-state index is 14.3. The number of nitrogens with one attached hydrogen (secondary N) is 2. The van der Waals surface area contributed by atoms with E-state index in [0.717, 1.165) is 6.07 Å². The van der Waals surface area contributed by atoms with Crippen LogP contribution in [0.3, 0.4) is 0 Å². The zero-order valence-corrected chi connectivity index (χ0v) is 17.1. The summed E-state index contributed by atoms with van der Waals surface area (Å²) < 4.78 is 49.0. The van der Waals surface area contributed by atoms with Gasteiger partial charge in [-0.05, 0) is 30.5 Å². The number of aromatic nitrogens is 3. The molecule has 2 aromatic carbocycles. The van der Waals surface area contributed by atoms with E-state index in [-0.39, 0.29) is 42.3 Å². The molecule has 8 nitrogen and oxygen atoms in total. The van der Waals surface area contributed by atoms with Crippen LogP contribution in [0.2, 0.25) is 0 Å². The molecule has 0 bridgehead atoms. The molecule has 0 aliphatic carbocycles. The van der Waals surface area contributed by atoms with Crippen LogP contribution in [0.1, 0.15) is 40.1 Å². The van der Waals surface area contributed by atoms with Gasteiger partial charge in [0.1, 0.15) is 29.6 Å². The normalized spacial score (nSPS) is 19.8. The second-order valence-electron chi connectivity index (χ2n) is 7.76. The van der Waals surface area contributed by atoms with Crippen LogP contribution in [-0.4, -0.2) is 39.2 Å². The topological polar surface area (TPSA) is 98.1 Å². The fourth-order valence-corrected chi connectivity index (χ4v) is 4.02.